The number of hydrogen-bond donors (Lipinski definition) is 4. The van der Waals surface area contributed by atoms with Crippen molar-refractivity contribution in [2.24, 2.45) is 17.5 Å². The van der Waals surface area contributed by atoms with Crippen molar-refractivity contribution in [3.05, 3.63) is 35.9 Å². The number of hydrogen-bond acceptors (Lipinski definition) is 4. The molecular weight excluding hydrogens is 234 g/mol. The summed E-state index contributed by atoms with van der Waals surface area (Å²) in [6.45, 7) is 3.55. The first-order valence-corrected chi connectivity index (χ1v) is 5.44. The molecule has 0 saturated heterocycles. The second kappa shape index (κ2) is 8.21. The van der Waals surface area contributed by atoms with E-state index in [1.807, 2.05) is 11.5 Å². The fraction of sp³-hybridized carbons (Fsp3) is 0.333. The first kappa shape index (κ1) is 16.1. The molecule has 0 unspecified atom stereocenters. The summed E-state index contributed by atoms with van der Waals surface area (Å²) in [7, 11) is 0. The summed E-state index contributed by atoms with van der Waals surface area (Å²) in [6.07, 6.45) is 0. The molecule has 0 radical (unpaired) electrons. The van der Waals surface area contributed by atoms with Crippen LogP contribution < -0.4 is 17.0 Å². The van der Waals surface area contributed by atoms with Gasteiger partial charge in [-0.05, 0) is 18.1 Å². The highest BCUT2D eigenvalue weighted by Gasteiger charge is 2.14. The van der Waals surface area contributed by atoms with Crippen molar-refractivity contribution in [2.75, 3.05) is 0 Å². The zero-order valence-electron chi connectivity index (χ0n) is 10.5. The smallest absolute Gasteiger partial charge is 0.320 e. The molecule has 1 aromatic rings. The van der Waals surface area contributed by atoms with Crippen molar-refractivity contribution in [2.45, 2.75) is 19.9 Å². The van der Waals surface area contributed by atoms with Gasteiger partial charge in [-0.2, -0.15) is 0 Å². The van der Waals surface area contributed by atoms with E-state index in [-0.39, 0.29) is 11.8 Å². The Bertz CT molecular complexity index is 379. The van der Waals surface area contributed by atoms with Crippen LogP contribution in [-0.4, -0.2) is 23.0 Å². The quantitative estimate of drug-likeness (QED) is 0.352. The largest absolute Gasteiger partial charge is 0.480 e. The van der Waals surface area contributed by atoms with E-state index in [0.29, 0.717) is 5.56 Å². The molecule has 1 aromatic carbocycles. The summed E-state index contributed by atoms with van der Waals surface area (Å²) >= 11 is 0. The maximum absolute atomic E-state index is 10.8. The Morgan fingerprint density at radius 1 is 1.22 bits per heavy atom. The Morgan fingerprint density at radius 3 is 2.00 bits per heavy atom. The number of nitrogens with one attached hydrogen (secondary N) is 1. The molecule has 1 rings (SSSR count). The van der Waals surface area contributed by atoms with Crippen LogP contribution in [0.25, 0.3) is 0 Å². The number of carboxylic acids is 1. The van der Waals surface area contributed by atoms with Gasteiger partial charge in [-0.1, -0.05) is 32.0 Å². The van der Waals surface area contributed by atoms with Gasteiger partial charge in [-0.3, -0.25) is 15.0 Å². The molecule has 0 spiro atoms. The zero-order chi connectivity index (χ0) is 14.1. The molecule has 1 atom stereocenters. The molecular formula is C12H19N3O3. The van der Waals surface area contributed by atoms with Gasteiger partial charge in [0.2, 0.25) is 0 Å². The highest BCUT2D eigenvalue weighted by atomic mass is 16.4. The lowest BCUT2D eigenvalue weighted by Crippen LogP contribution is -2.34. The van der Waals surface area contributed by atoms with Crippen molar-refractivity contribution in [3.8, 4) is 0 Å². The van der Waals surface area contributed by atoms with E-state index < -0.39 is 12.0 Å². The van der Waals surface area contributed by atoms with Crippen LogP contribution in [0.15, 0.2) is 30.3 Å². The molecule has 0 bridgehead atoms. The van der Waals surface area contributed by atoms with E-state index >= 15 is 0 Å². The number of carbonyl (C=O) groups excluding carboxylic acids is 1. The molecule has 0 aliphatic carbocycles. The standard InChI is InChI=1S/C7H8N2O.C5H11NO2/c8-9-7(10)6-4-2-1-3-5-6;1-3(2)4(6)5(7)8/h1-5H,8H2,(H,9,10);3-4H,6H2,1-2H3,(H,7,8)/t;4-/m.0/s1. The summed E-state index contributed by atoms with van der Waals surface area (Å²) < 4.78 is 0. The normalized spacial score (nSPS) is 11.2. The topological polar surface area (TPSA) is 118 Å². The van der Waals surface area contributed by atoms with Crippen LogP contribution in [0.3, 0.4) is 0 Å². The molecule has 100 valence electrons. The molecule has 6 nitrogen and oxygen atoms in total. The van der Waals surface area contributed by atoms with Crippen LogP contribution in [0.4, 0.5) is 0 Å². The fourth-order valence-electron chi connectivity index (χ4n) is 0.958. The highest BCUT2D eigenvalue weighted by molar-refractivity contribution is 5.93. The Labute approximate surface area is 106 Å². The summed E-state index contributed by atoms with van der Waals surface area (Å²) in [5.74, 6) is 3.73. The van der Waals surface area contributed by atoms with Gasteiger partial charge in [0.25, 0.3) is 5.91 Å². The predicted molar refractivity (Wildman–Crippen MR) is 68.5 cm³/mol. The number of carboxylic acid groups (broad SMARTS) is 1. The van der Waals surface area contributed by atoms with Crippen LogP contribution in [0, 0.1) is 5.92 Å². The van der Waals surface area contributed by atoms with E-state index in [4.69, 9.17) is 16.7 Å². The Morgan fingerprint density at radius 2 is 1.72 bits per heavy atom. The van der Waals surface area contributed by atoms with Gasteiger partial charge in [0.15, 0.2) is 0 Å². The van der Waals surface area contributed by atoms with Crippen LogP contribution >= 0.6 is 0 Å². The minimum Gasteiger partial charge on any atom is -0.480 e. The highest BCUT2D eigenvalue weighted by Crippen LogP contribution is 1.96. The maximum atomic E-state index is 10.8. The molecule has 0 fully saturated rings. The third-order valence-electron chi connectivity index (χ3n) is 2.17. The molecule has 0 heterocycles. The van der Waals surface area contributed by atoms with Crippen LogP contribution in [-0.2, 0) is 4.79 Å². The molecule has 0 aliphatic rings. The maximum Gasteiger partial charge on any atom is 0.320 e. The molecule has 6 N–H and O–H groups in total. The van der Waals surface area contributed by atoms with E-state index in [1.54, 1.807) is 38.1 Å². The molecule has 1 amide bonds. The van der Waals surface area contributed by atoms with Crippen molar-refractivity contribution in [3.63, 3.8) is 0 Å². The number of carbonyl (C=O) groups is 2. The number of hydrazine groups is 1. The number of aliphatic carboxylic acids is 1. The van der Waals surface area contributed by atoms with Crippen molar-refractivity contribution in [1.82, 2.24) is 5.43 Å². The lowest BCUT2D eigenvalue weighted by Gasteiger charge is -2.07. The van der Waals surface area contributed by atoms with E-state index in [1.165, 1.54) is 0 Å². The number of benzene rings is 1. The molecule has 0 aliphatic heterocycles. The average molecular weight is 253 g/mol. The summed E-state index contributed by atoms with van der Waals surface area (Å²) in [6, 6.07) is 8.09. The third-order valence-corrected chi connectivity index (χ3v) is 2.17. The van der Waals surface area contributed by atoms with Gasteiger partial charge in [-0.25, -0.2) is 5.84 Å². The van der Waals surface area contributed by atoms with E-state index in [0.717, 1.165) is 0 Å². The molecule has 18 heavy (non-hydrogen) atoms. The van der Waals surface area contributed by atoms with Gasteiger partial charge in [0, 0.05) is 5.56 Å². The first-order valence-electron chi connectivity index (χ1n) is 5.44. The van der Waals surface area contributed by atoms with Crippen molar-refractivity contribution in [1.29, 1.82) is 0 Å². The monoisotopic (exact) mass is 253 g/mol. The predicted octanol–water partition coefficient (Wildman–Crippen LogP) is 0.344. The Balaban J connectivity index is 0.000000331. The SMILES string of the molecule is CC(C)[C@H](N)C(=O)O.NNC(=O)c1ccccc1. The van der Waals surface area contributed by atoms with E-state index in [9.17, 15) is 9.59 Å². The summed E-state index contributed by atoms with van der Waals surface area (Å²) in [5, 5.41) is 8.23. The van der Waals surface area contributed by atoms with Crippen LogP contribution in [0.5, 0.6) is 0 Å². The zero-order valence-corrected chi connectivity index (χ0v) is 10.5. The van der Waals surface area contributed by atoms with Gasteiger partial charge in [0.1, 0.15) is 6.04 Å². The summed E-state index contributed by atoms with van der Waals surface area (Å²) in [5.41, 5.74) is 7.78. The fourth-order valence-corrected chi connectivity index (χ4v) is 0.958. The summed E-state index contributed by atoms with van der Waals surface area (Å²) in [4.78, 5) is 20.8. The first-order chi connectivity index (χ1) is 8.40. The number of rotatable bonds is 3. The lowest BCUT2D eigenvalue weighted by atomic mass is 10.1. The lowest BCUT2D eigenvalue weighted by molar-refractivity contribution is -0.139. The van der Waals surface area contributed by atoms with Crippen molar-refractivity contribution >= 4 is 11.9 Å². The van der Waals surface area contributed by atoms with Crippen molar-refractivity contribution < 1.29 is 14.7 Å². The van der Waals surface area contributed by atoms with Gasteiger partial charge in [-0.15, -0.1) is 0 Å². The second-order valence-corrected chi connectivity index (χ2v) is 3.95. The van der Waals surface area contributed by atoms with Crippen LogP contribution in [0.1, 0.15) is 24.2 Å². The average Bonchev–Trinajstić information content (AvgIpc) is 2.38. The van der Waals surface area contributed by atoms with E-state index in [2.05, 4.69) is 0 Å². The minimum atomic E-state index is -0.931. The Kier molecular flexibility index (Phi) is 7.34. The van der Waals surface area contributed by atoms with Gasteiger partial charge in [0.05, 0.1) is 0 Å². The number of nitrogens with two attached hydrogens (primary N) is 2. The van der Waals surface area contributed by atoms with Crippen LogP contribution in [0.2, 0.25) is 0 Å². The second-order valence-electron chi connectivity index (χ2n) is 3.95. The molecule has 0 saturated carbocycles. The number of nitrogen functional groups attached to an aromatic ring is 1. The van der Waals surface area contributed by atoms with Gasteiger partial charge < -0.3 is 10.8 Å². The van der Waals surface area contributed by atoms with Gasteiger partial charge >= 0.3 is 5.97 Å². The molecule has 0 aromatic heterocycles. The third kappa shape index (κ3) is 5.97. The Hall–Kier alpha value is -1.92. The molecule has 6 heteroatoms. The minimum absolute atomic E-state index is 0.0208. The number of amides is 1.